The zero-order chi connectivity index (χ0) is 12.7. The third kappa shape index (κ3) is 2.33. The summed E-state index contributed by atoms with van der Waals surface area (Å²) in [6.45, 7) is 2.98. The lowest BCUT2D eigenvalue weighted by molar-refractivity contribution is -0.156. The molecule has 2 rings (SSSR count). The molecule has 0 N–H and O–H groups in total. The van der Waals surface area contributed by atoms with Crippen molar-refractivity contribution in [2.75, 3.05) is 26.0 Å². The summed E-state index contributed by atoms with van der Waals surface area (Å²) < 4.78 is 29.7. The summed E-state index contributed by atoms with van der Waals surface area (Å²) in [5.74, 6) is 0.0822. The highest BCUT2D eigenvalue weighted by Gasteiger charge is 2.52. The number of carbonyl (C=O) groups excluding carboxylic acids is 1. The van der Waals surface area contributed by atoms with Crippen molar-refractivity contribution in [1.29, 1.82) is 0 Å². The van der Waals surface area contributed by atoms with Gasteiger partial charge in [0.05, 0.1) is 18.3 Å². The molecule has 1 saturated carbocycles. The number of hydrogen-bond acceptors (Lipinski definition) is 4. The van der Waals surface area contributed by atoms with E-state index in [0.29, 0.717) is 25.6 Å². The van der Waals surface area contributed by atoms with Crippen LogP contribution in [0, 0.1) is 11.3 Å². The molecule has 0 aromatic rings. The molecule has 1 aliphatic carbocycles. The summed E-state index contributed by atoms with van der Waals surface area (Å²) in [5, 5.41) is 0. The smallest absolute Gasteiger partial charge is 0.313 e. The summed E-state index contributed by atoms with van der Waals surface area (Å²) in [6, 6.07) is 0. The number of carbonyl (C=O) groups is 1. The normalized spacial score (nSPS) is 33.6. The number of hydrogen-bond donors (Lipinski definition) is 0. The molecule has 0 radical (unpaired) electrons. The predicted octanol–water partition coefficient (Wildman–Crippen LogP) is 0.611. The van der Waals surface area contributed by atoms with Gasteiger partial charge in [-0.1, -0.05) is 0 Å². The maximum Gasteiger partial charge on any atom is 0.313 e. The molecule has 2 unspecified atom stereocenters. The fourth-order valence-electron chi connectivity index (χ4n) is 3.01. The van der Waals surface area contributed by atoms with Crippen molar-refractivity contribution >= 4 is 16.0 Å². The van der Waals surface area contributed by atoms with Gasteiger partial charge in [-0.2, -0.15) is 0 Å². The van der Waals surface area contributed by atoms with Gasteiger partial charge in [-0.05, 0) is 32.1 Å². The Bertz CT molecular complexity index is 419. The molecule has 98 valence electrons. The van der Waals surface area contributed by atoms with Gasteiger partial charge >= 0.3 is 5.97 Å². The zero-order valence-corrected chi connectivity index (χ0v) is 11.1. The molecule has 2 bridgehead atoms. The number of rotatable bonds is 3. The van der Waals surface area contributed by atoms with Gasteiger partial charge in [0.25, 0.3) is 0 Å². The first-order chi connectivity index (χ1) is 7.87. The van der Waals surface area contributed by atoms with Crippen LogP contribution in [-0.2, 0) is 19.6 Å². The average Bonchev–Trinajstić information content (AvgIpc) is 2.54. The van der Waals surface area contributed by atoms with Gasteiger partial charge in [0.1, 0.15) is 0 Å². The Balaban J connectivity index is 2.21. The van der Waals surface area contributed by atoms with Crippen LogP contribution in [0.1, 0.15) is 26.2 Å². The summed E-state index contributed by atoms with van der Waals surface area (Å²) >= 11 is 0. The second-order valence-electron chi connectivity index (χ2n) is 5.17. The maximum absolute atomic E-state index is 12.0. The first-order valence-electron chi connectivity index (χ1n) is 6.00. The van der Waals surface area contributed by atoms with Crippen LogP contribution in [0.15, 0.2) is 0 Å². The molecule has 0 amide bonds. The van der Waals surface area contributed by atoms with Crippen LogP contribution in [0.2, 0.25) is 0 Å². The summed E-state index contributed by atoms with van der Waals surface area (Å²) in [7, 11) is -3.21. The summed E-state index contributed by atoms with van der Waals surface area (Å²) in [6.07, 6.45) is 3.65. The fourth-order valence-corrected chi connectivity index (χ4v) is 3.98. The molecule has 1 heterocycles. The predicted molar refractivity (Wildman–Crippen MR) is 62.8 cm³/mol. The van der Waals surface area contributed by atoms with E-state index in [1.54, 1.807) is 6.92 Å². The number of nitrogens with zero attached hydrogens (tertiary/aromatic N) is 1. The van der Waals surface area contributed by atoms with Crippen LogP contribution >= 0.6 is 0 Å². The van der Waals surface area contributed by atoms with E-state index in [9.17, 15) is 13.2 Å². The summed E-state index contributed by atoms with van der Waals surface area (Å²) in [5.41, 5.74) is -0.581. The number of esters is 1. The van der Waals surface area contributed by atoms with Gasteiger partial charge in [-0.25, -0.2) is 12.7 Å². The van der Waals surface area contributed by atoms with Crippen LogP contribution in [0.5, 0.6) is 0 Å². The highest BCUT2D eigenvalue weighted by Crippen LogP contribution is 2.47. The molecule has 1 aliphatic heterocycles. The monoisotopic (exact) mass is 261 g/mol. The van der Waals surface area contributed by atoms with Crippen LogP contribution < -0.4 is 0 Å². The number of ether oxygens (including phenoxy) is 1. The van der Waals surface area contributed by atoms with Crippen LogP contribution in [0.3, 0.4) is 0 Å². The van der Waals surface area contributed by atoms with Crippen molar-refractivity contribution in [2.24, 2.45) is 11.3 Å². The topological polar surface area (TPSA) is 63.7 Å². The minimum absolute atomic E-state index is 0.226. The first kappa shape index (κ1) is 12.8. The Labute approximate surface area is 102 Å². The lowest BCUT2D eigenvalue weighted by atomic mass is 9.83. The molecule has 2 aliphatic rings. The Morgan fingerprint density at radius 1 is 1.53 bits per heavy atom. The molecular weight excluding hydrogens is 242 g/mol. The van der Waals surface area contributed by atoms with E-state index in [2.05, 4.69) is 0 Å². The Hall–Kier alpha value is -0.620. The van der Waals surface area contributed by atoms with Crippen molar-refractivity contribution in [1.82, 2.24) is 4.31 Å². The number of fused-ring (bicyclic) bond motifs is 2. The largest absolute Gasteiger partial charge is 0.466 e. The summed E-state index contributed by atoms with van der Waals surface area (Å²) in [4.78, 5) is 12.0. The molecule has 2 fully saturated rings. The van der Waals surface area contributed by atoms with E-state index >= 15 is 0 Å². The quantitative estimate of drug-likeness (QED) is 0.698. The highest BCUT2D eigenvalue weighted by molar-refractivity contribution is 7.88. The van der Waals surface area contributed by atoms with E-state index < -0.39 is 15.4 Å². The first-order valence-corrected chi connectivity index (χ1v) is 7.84. The van der Waals surface area contributed by atoms with Crippen molar-refractivity contribution in [3.05, 3.63) is 0 Å². The molecule has 2 atom stereocenters. The van der Waals surface area contributed by atoms with Crippen molar-refractivity contribution in [2.45, 2.75) is 26.2 Å². The van der Waals surface area contributed by atoms with E-state index in [4.69, 9.17) is 4.74 Å². The van der Waals surface area contributed by atoms with Crippen molar-refractivity contribution in [3.8, 4) is 0 Å². The third-order valence-corrected chi connectivity index (χ3v) is 5.05. The van der Waals surface area contributed by atoms with E-state index in [0.717, 1.165) is 19.3 Å². The molecule has 5 nitrogen and oxygen atoms in total. The van der Waals surface area contributed by atoms with Gasteiger partial charge in [0, 0.05) is 13.1 Å². The maximum atomic E-state index is 12.0. The van der Waals surface area contributed by atoms with Gasteiger partial charge in [-0.15, -0.1) is 0 Å². The molecule has 6 heteroatoms. The Kier molecular flexibility index (Phi) is 3.20. The van der Waals surface area contributed by atoms with Gasteiger partial charge < -0.3 is 4.74 Å². The minimum Gasteiger partial charge on any atom is -0.466 e. The van der Waals surface area contributed by atoms with E-state index in [1.807, 2.05) is 0 Å². The van der Waals surface area contributed by atoms with Gasteiger partial charge in [0.15, 0.2) is 0 Å². The molecule has 17 heavy (non-hydrogen) atoms. The van der Waals surface area contributed by atoms with Crippen molar-refractivity contribution < 1.29 is 17.9 Å². The third-order valence-electron chi connectivity index (χ3n) is 3.83. The molecule has 0 aromatic carbocycles. The van der Waals surface area contributed by atoms with Crippen LogP contribution in [0.4, 0.5) is 0 Å². The second-order valence-corrected chi connectivity index (χ2v) is 7.15. The zero-order valence-electron chi connectivity index (χ0n) is 10.3. The lowest BCUT2D eigenvalue weighted by Crippen LogP contribution is -2.49. The molecule has 0 spiro atoms. The average molecular weight is 261 g/mol. The van der Waals surface area contributed by atoms with Crippen molar-refractivity contribution in [3.63, 3.8) is 0 Å². The highest BCUT2D eigenvalue weighted by atomic mass is 32.2. The standard InChI is InChI=1S/C11H19NO4S/c1-3-16-10(13)11-5-4-9(6-11)7-12(8-11)17(2,14)15/h9H,3-8H2,1-2H3. The molecule has 0 aromatic heterocycles. The van der Waals surface area contributed by atoms with Gasteiger partial charge in [0.2, 0.25) is 10.0 Å². The van der Waals surface area contributed by atoms with Crippen LogP contribution in [-0.4, -0.2) is 44.6 Å². The molecule has 1 saturated heterocycles. The van der Waals surface area contributed by atoms with Gasteiger partial charge in [-0.3, -0.25) is 4.79 Å². The number of piperidine rings is 1. The molecular formula is C11H19NO4S. The Morgan fingerprint density at radius 3 is 2.82 bits per heavy atom. The van der Waals surface area contributed by atoms with Crippen LogP contribution in [0.25, 0.3) is 0 Å². The minimum atomic E-state index is -3.21. The van der Waals surface area contributed by atoms with E-state index in [-0.39, 0.29) is 5.97 Å². The number of sulfonamides is 1. The fraction of sp³-hybridized carbons (Fsp3) is 0.909. The Morgan fingerprint density at radius 2 is 2.24 bits per heavy atom. The second kappa shape index (κ2) is 4.24. The van der Waals surface area contributed by atoms with E-state index in [1.165, 1.54) is 10.6 Å². The SMILES string of the molecule is CCOC(=O)C12CCC(CN(S(C)(=O)=O)C1)C2. The lowest BCUT2D eigenvalue weighted by Gasteiger charge is -2.37.